The molecule has 0 spiro atoms. The van der Waals surface area contributed by atoms with Crippen molar-refractivity contribution in [1.29, 1.82) is 0 Å². The Balaban J connectivity index is 2.24. The average Bonchev–Trinajstić information content (AvgIpc) is 2.73. The summed E-state index contributed by atoms with van der Waals surface area (Å²) in [6, 6.07) is 0. The highest BCUT2D eigenvalue weighted by Crippen LogP contribution is 2.19. The van der Waals surface area contributed by atoms with Crippen LogP contribution in [0.1, 0.15) is 19.0 Å². The Kier molecular flexibility index (Phi) is 2.77. The molecule has 90 valence electrons. The fourth-order valence-corrected chi connectivity index (χ4v) is 3.47. The van der Waals surface area contributed by atoms with Crippen molar-refractivity contribution < 1.29 is 8.42 Å². The minimum absolute atomic E-state index is 0.223. The predicted octanol–water partition coefficient (Wildman–Crippen LogP) is -0.252. The Labute approximate surface area is 94.9 Å². The Morgan fingerprint density at radius 3 is 2.81 bits per heavy atom. The molecule has 1 unspecified atom stereocenters. The van der Waals surface area contributed by atoms with Gasteiger partial charge in [-0.3, -0.25) is 5.10 Å². The molecule has 0 saturated carbocycles. The van der Waals surface area contributed by atoms with Crippen LogP contribution in [-0.4, -0.2) is 37.2 Å². The molecule has 1 aromatic heterocycles. The second kappa shape index (κ2) is 3.83. The van der Waals surface area contributed by atoms with E-state index < -0.39 is 15.6 Å². The fourth-order valence-electron chi connectivity index (χ4n) is 1.89. The van der Waals surface area contributed by atoms with E-state index >= 15 is 0 Å². The van der Waals surface area contributed by atoms with Crippen LogP contribution in [0.5, 0.6) is 0 Å². The van der Waals surface area contributed by atoms with Gasteiger partial charge >= 0.3 is 0 Å². The van der Waals surface area contributed by atoms with Crippen molar-refractivity contribution in [3.8, 4) is 0 Å². The summed E-state index contributed by atoms with van der Waals surface area (Å²) < 4.78 is 26.9. The van der Waals surface area contributed by atoms with Gasteiger partial charge in [-0.1, -0.05) is 0 Å². The summed E-state index contributed by atoms with van der Waals surface area (Å²) >= 11 is 0. The Morgan fingerprint density at radius 1 is 1.56 bits per heavy atom. The first-order valence-electron chi connectivity index (χ1n) is 5.18. The first kappa shape index (κ1) is 11.6. The molecule has 1 aliphatic rings. The quantitative estimate of drug-likeness (QED) is 0.684. The van der Waals surface area contributed by atoms with Crippen molar-refractivity contribution in [2.75, 3.05) is 13.1 Å². The minimum atomic E-state index is -3.47. The molecule has 3 N–H and O–H groups in total. The number of sulfonamides is 1. The molecule has 1 aliphatic heterocycles. The van der Waals surface area contributed by atoms with Crippen LogP contribution in [-0.2, 0) is 10.0 Å². The third kappa shape index (κ3) is 2.11. The van der Waals surface area contributed by atoms with Gasteiger partial charge in [0.25, 0.3) is 0 Å². The number of nitrogens with zero attached hydrogens (tertiary/aromatic N) is 1. The Morgan fingerprint density at radius 2 is 2.31 bits per heavy atom. The van der Waals surface area contributed by atoms with E-state index in [0.29, 0.717) is 12.2 Å². The summed E-state index contributed by atoms with van der Waals surface area (Å²) in [6.45, 7) is 5.09. The summed E-state index contributed by atoms with van der Waals surface area (Å²) in [5.41, 5.74) is 0.157. The molecule has 0 aromatic carbocycles. The second-order valence-corrected chi connectivity index (χ2v) is 6.10. The Hall–Kier alpha value is -0.920. The summed E-state index contributed by atoms with van der Waals surface area (Å²) in [7, 11) is -3.47. The van der Waals surface area contributed by atoms with E-state index in [0.717, 1.165) is 13.0 Å². The highest BCUT2D eigenvalue weighted by molar-refractivity contribution is 7.89. The first-order valence-corrected chi connectivity index (χ1v) is 6.66. The summed E-state index contributed by atoms with van der Waals surface area (Å²) in [5.74, 6) is 0. The molecule has 1 saturated heterocycles. The molecule has 6 nitrogen and oxygen atoms in total. The zero-order valence-corrected chi connectivity index (χ0v) is 10.2. The molecule has 0 bridgehead atoms. The molecule has 0 radical (unpaired) electrons. The molecular weight excluding hydrogens is 228 g/mol. The molecule has 7 heteroatoms. The van der Waals surface area contributed by atoms with Crippen LogP contribution in [0, 0.1) is 6.92 Å². The van der Waals surface area contributed by atoms with Crippen molar-refractivity contribution in [2.45, 2.75) is 30.7 Å². The zero-order valence-electron chi connectivity index (χ0n) is 9.37. The topological polar surface area (TPSA) is 86.9 Å². The van der Waals surface area contributed by atoms with Gasteiger partial charge in [0.1, 0.15) is 4.90 Å². The maximum Gasteiger partial charge on any atom is 0.244 e. The van der Waals surface area contributed by atoms with Gasteiger partial charge < -0.3 is 5.32 Å². The standard InChI is InChI=1S/C9H16N4O2S/c1-7-8(5-11-12-7)16(14,15)13-9(2)3-4-10-6-9/h5,10,13H,3-4,6H2,1-2H3,(H,11,12). The smallest absolute Gasteiger partial charge is 0.244 e. The van der Waals surface area contributed by atoms with E-state index in [1.54, 1.807) is 6.92 Å². The number of nitrogens with one attached hydrogen (secondary N) is 3. The third-order valence-corrected chi connectivity index (χ3v) is 4.57. The zero-order chi connectivity index (χ0) is 11.8. The number of aryl methyl sites for hydroxylation is 1. The number of aromatic nitrogens is 2. The molecule has 1 fully saturated rings. The Bertz CT molecular complexity index is 473. The maximum absolute atomic E-state index is 12.1. The van der Waals surface area contributed by atoms with Crippen LogP contribution in [0.3, 0.4) is 0 Å². The van der Waals surface area contributed by atoms with Crippen molar-refractivity contribution in [3.63, 3.8) is 0 Å². The molecule has 16 heavy (non-hydrogen) atoms. The molecule has 2 rings (SSSR count). The van der Waals surface area contributed by atoms with Crippen molar-refractivity contribution >= 4 is 10.0 Å². The maximum atomic E-state index is 12.1. The van der Waals surface area contributed by atoms with Crippen LogP contribution in [0.25, 0.3) is 0 Å². The minimum Gasteiger partial charge on any atom is -0.315 e. The van der Waals surface area contributed by atoms with Gasteiger partial charge in [0, 0.05) is 12.1 Å². The molecule has 0 amide bonds. The highest BCUT2D eigenvalue weighted by Gasteiger charge is 2.34. The SMILES string of the molecule is Cc1[nH]ncc1S(=O)(=O)NC1(C)CCNC1. The summed E-state index contributed by atoms with van der Waals surface area (Å²) in [4.78, 5) is 0.223. The van der Waals surface area contributed by atoms with E-state index in [9.17, 15) is 8.42 Å². The van der Waals surface area contributed by atoms with Crippen LogP contribution < -0.4 is 10.0 Å². The van der Waals surface area contributed by atoms with Gasteiger partial charge in [-0.2, -0.15) is 5.10 Å². The average molecular weight is 244 g/mol. The van der Waals surface area contributed by atoms with E-state index in [-0.39, 0.29) is 4.90 Å². The highest BCUT2D eigenvalue weighted by atomic mass is 32.2. The second-order valence-electron chi connectivity index (χ2n) is 4.45. The number of hydrogen-bond donors (Lipinski definition) is 3. The molecule has 2 heterocycles. The van der Waals surface area contributed by atoms with Gasteiger partial charge in [0.2, 0.25) is 10.0 Å². The van der Waals surface area contributed by atoms with Crippen molar-refractivity contribution in [1.82, 2.24) is 20.2 Å². The van der Waals surface area contributed by atoms with E-state index in [4.69, 9.17) is 0 Å². The lowest BCUT2D eigenvalue weighted by Gasteiger charge is -2.23. The molecular formula is C9H16N4O2S. The van der Waals surface area contributed by atoms with Crippen molar-refractivity contribution in [2.24, 2.45) is 0 Å². The van der Waals surface area contributed by atoms with Gasteiger partial charge in [-0.05, 0) is 26.8 Å². The van der Waals surface area contributed by atoms with Gasteiger partial charge in [-0.25, -0.2) is 13.1 Å². The van der Waals surface area contributed by atoms with Crippen LogP contribution in [0.15, 0.2) is 11.1 Å². The third-order valence-electron chi connectivity index (χ3n) is 2.82. The number of hydrogen-bond acceptors (Lipinski definition) is 4. The largest absolute Gasteiger partial charge is 0.315 e. The lowest BCUT2D eigenvalue weighted by atomic mass is 10.0. The van der Waals surface area contributed by atoms with Gasteiger partial charge in [0.05, 0.1) is 11.9 Å². The monoisotopic (exact) mass is 244 g/mol. The van der Waals surface area contributed by atoms with Crippen LogP contribution in [0.2, 0.25) is 0 Å². The molecule has 1 atom stereocenters. The van der Waals surface area contributed by atoms with Gasteiger partial charge in [-0.15, -0.1) is 0 Å². The van der Waals surface area contributed by atoms with Gasteiger partial charge in [0.15, 0.2) is 0 Å². The summed E-state index contributed by atoms with van der Waals surface area (Å²) in [6.07, 6.45) is 2.13. The van der Waals surface area contributed by atoms with Crippen LogP contribution >= 0.6 is 0 Å². The number of H-pyrrole nitrogens is 1. The molecule has 0 aliphatic carbocycles. The molecule has 1 aromatic rings. The van der Waals surface area contributed by atoms with E-state index in [1.807, 2.05) is 6.92 Å². The van der Waals surface area contributed by atoms with Crippen LogP contribution in [0.4, 0.5) is 0 Å². The lowest BCUT2D eigenvalue weighted by molar-refractivity contribution is 0.452. The first-order chi connectivity index (χ1) is 7.43. The number of aromatic amines is 1. The fraction of sp³-hybridized carbons (Fsp3) is 0.667. The summed E-state index contributed by atoms with van der Waals surface area (Å²) in [5, 5.41) is 9.50. The number of rotatable bonds is 3. The predicted molar refractivity (Wildman–Crippen MR) is 59.5 cm³/mol. The van der Waals surface area contributed by atoms with E-state index in [1.165, 1.54) is 6.20 Å². The van der Waals surface area contributed by atoms with Crippen molar-refractivity contribution in [3.05, 3.63) is 11.9 Å². The lowest BCUT2D eigenvalue weighted by Crippen LogP contribution is -2.47. The normalized spacial score (nSPS) is 26.1. The van der Waals surface area contributed by atoms with E-state index in [2.05, 4.69) is 20.2 Å².